The second kappa shape index (κ2) is 6.91. The molecule has 10 nitrogen and oxygen atoms in total. The molecule has 25 heavy (non-hydrogen) atoms. The number of carbonyl (C=O) groups excluding carboxylic acids is 1. The summed E-state index contributed by atoms with van der Waals surface area (Å²) in [6.45, 7) is -0.0976. The number of ether oxygens (including phenoxy) is 1. The lowest BCUT2D eigenvalue weighted by molar-refractivity contribution is 0.0462. The Morgan fingerprint density at radius 2 is 1.80 bits per heavy atom. The van der Waals surface area contributed by atoms with Crippen LogP contribution in [0.2, 0.25) is 0 Å². The first-order valence-electron chi connectivity index (χ1n) is 7.33. The zero-order valence-corrected chi connectivity index (χ0v) is 13.7. The first-order chi connectivity index (χ1) is 12.0. The van der Waals surface area contributed by atoms with E-state index in [0.717, 1.165) is 5.69 Å². The normalized spacial score (nSPS) is 10.5. The van der Waals surface area contributed by atoms with E-state index in [1.165, 1.54) is 0 Å². The Morgan fingerprint density at radius 3 is 2.44 bits per heavy atom. The van der Waals surface area contributed by atoms with Gasteiger partial charge in [0.15, 0.2) is 12.4 Å². The fourth-order valence-electron chi connectivity index (χ4n) is 2.01. The van der Waals surface area contributed by atoms with E-state index in [9.17, 15) is 4.79 Å². The van der Waals surface area contributed by atoms with Crippen molar-refractivity contribution in [2.24, 2.45) is 0 Å². The van der Waals surface area contributed by atoms with Gasteiger partial charge in [-0.3, -0.25) is 4.57 Å². The maximum Gasteiger partial charge on any atom is 0.338 e. The Morgan fingerprint density at radius 1 is 1.12 bits per heavy atom. The predicted molar refractivity (Wildman–Crippen MR) is 89.0 cm³/mol. The molecule has 0 bridgehead atoms. The van der Waals surface area contributed by atoms with Gasteiger partial charge < -0.3 is 15.4 Å². The Labute approximate surface area is 143 Å². The van der Waals surface area contributed by atoms with Gasteiger partial charge in [0.05, 0.1) is 5.56 Å². The van der Waals surface area contributed by atoms with Gasteiger partial charge in [-0.1, -0.05) is 0 Å². The first kappa shape index (κ1) is 16.3. The van der Waals surface area contributed by atoms with E-state index in [0.29, 0.717) is 11.5 Å². The molecule has 0 radical (unpaired) electrons. The highest BCUT2D eigenvalue weighted by molar-refractivity contribution is 5.89. The molecule has 2 heterocycles. The summed E-state index contributed by atoms with van der Waals surface area (Å²) >= 11 is 0. The van der Waals surface area contributed by atoms with Crippen molar-refractivity contribution < 1.29 is 9.53 Å². The van der Waals surface area contributed by atoms with E-state index in [-0.39, 0.29) is 18.4 Å². The van der Waals surface area contributed by atoms with Crippen molar-refractivity contribution in [3.63, 3.8) is 0 Å². The number of nitrogen functional groups attached to an aromatic ring is 1. The molecule has 0 saturated carbocycles. The number of nitrogens with two attached hydrogens (primary N) is 1. The van der Waals surface area contributed by atoms with Crippen LogP contribution in [0.15, 0.2) is 36.9 Å². The molecule has 3 aromatic rings. The number of aromatic nitrogens is 6. The minimum atomic E-state index is -0.485. The molecule has 2 aromatic heterocycles. The van der Waals surface area contributed by atoms with Crippen molar-refractivity contribution in [2.75, 3.05) is 24.7 Å². The van der Waals surface area contributed by atoms with Crippen LogP contribution in [-0.2, 0) is 11.3 Å². The molecule has 0 aliphatic heterocycles. The minimum absolute atomic E-state index is 0.0723. The summed E-state index contributed by atoms with van der Waals surface area (Å²) in [5.41, 5.74) is 6.88. The number of hydrogen-bond donors (Lipinski definition) is 1. The Bertz CT molecular complexity index is 862. The number of nitrogens with zero attached hydrogens (tertiary/aromatic N) is 7. The maximum absolute atomic E-state index is 12.2. The molecule has 0 atom stereocenters. The number of carbonyl (C=O) groups is 1. The van der Waals surface area contributed by atoms with Crippen LogP contribution in [0.1, 0.15) is 16.2 Å². The highest BCUT2D eigenvalue weighted by Crippen LogP contribution is 2.11. The molecule has 0 saturated heterocycles. The van der Waals surface area contributed by atoms with Crippen LogP contribution in [0.4, 0.5) is 11.9 Å². The molecular weight excluding hydrogens is 324 g/mol. The molecule has 0 aliphatic carbocycles. The summed E-state index contributed by atoms with van der Waals surface area (Å²) in [7, 11) is 3.56. The molecule has 0 amide bonds. The lowest BCUT2D eigenvalue weighted by Gasteiger charge is -2.11. The standard InChI is InChI=1S/C15H16N8O2/c1-22(2)15-20-12(19-14(16)21-15)7-25-13(24)10-3-5-11(6-4-10)23-8-17-18-9-23/h3-6,8-9H,7H2,1-2H3,(H2,16,19,20,21). The third-order valence-corrected chi connectivity index (χ3v) is 3.24. The van der Waals surface area contributed by atoms with E-state index >= 15 is 0 Å². The van der Waals surface area contributed by atoms with Crippen molar-refractivity contribution >= 4 is 17.9 Å². The average molecular weight is 340 g/mol. The summed E-state index contributed by atoms with van der Waals surface area (Å²) in [6, 6.07) is 6.85. The lowest BCUT2D eigenvalue weighted by Crippen LogP contribution is -2.17. The van der Waals surface area contributed by atoms with Gasteiger partial charge in [0.1, 0.15) is 12.7 Å². The van der Waals surface area contributed by atoms with Crippen molar-refractivity contribution in [1.82, 2.24) is 29.7 Å². The van der Waals surface area contributed by atoms with Crippen LogP contribution in [0.3, 0.4) is 0 Å². The van der Waals surface area contributed by atoms with Crippen molar-refractivity contribution in [3.8, 4) is 5.69 Å². The SMILES string of the molecule is CN(C)c1nc(N)nc(COC(=O)c2ccc(-n3cnnc3)cc2)n1. The smallest absolute Gasteiger partial charge is 0.338 e. The molecule has 0 unspecified atom stereocenters. The van der Waals surface area contributed by atoms with E-state index in [2.05, 4.69) is 25.1 Å². The van der Waals surface area contributed by atoms with Crippen molar-refractivity contribution in [1.29, 1.82) is 0 Å². The van der Waals surface area contributed by atoms with Gasteiger partial charge in [0, 0.05) is 19.8 Å². The zero-order valence-electron chi connectivity index (χ0n) is 13.7. The third-order valence-electron chi connectivity index (χ3n) is 3.24. The molecule has 2 N–H and O–H groups in total. The second-order valence-corrected chi connectivity index (χ2v) is 5.30. The van der Waals surface area contributed by atoms with E-state index < -0.39 is 5.97 Å². The van der Waals surface area contributed by atoms with Gasteiger partial charge in [0.2, 0.25) is 11.9 Å². The van der Waals surface area contributed by atoms with Gasteiger partial charge in [-0.2, -0.15) is 15.0 Å². The van der Waals surface area contributed by atoms with Gasteiger partial charge in [-0.25, -0.2) is 4.79 Å². The van der Waals surface area contributed by atoms with Crippen molar-refractivity contribution in [3.05, 3.63) is 48.3 Å². The second-order valence-electron chi connectivity index (χ2n) is 5.30. The predicted octanol–water partition coefficient (Wildman–Crippen LogP) is 0.457. The highest BCUT2D eigenvalue weighted by Gasteiger charge is 2.11. The molecule has 1 aromatic carbocycles. The Kier molecular flexibility index (Phi) is 4.50. The van der Waals surface area contributed by atoms with Gasteiger partial charge in [-0.15, -0.1) is 10.2 Å². The number of anilines is 2. The average Bonchev–Trinajstić information content (AvgIpc) is 3.14. The van der Waals surface area contributed by atoms with E-state index in [1.807, 2.05) is 0 Å². The van der Waals surface area contributed by atoms with E-state index in [4.69, 9.17) is 10.5 Å². The van der Waals surface area contributed by atoms with Crippen molar-refractivity contribution in [2.45, 2.75) is 6.61 Å². The number of esters is 1. The quantitative estimate of drug-likeness (QED) is 0.659. The number of hydrogen-bond acceptors (Lipinski definition) is 9. The molecular formula is C15H16N8O2. The fraction of sp³-hybridized carbons (Fsp3) is 0.200. The van der Waals surface area contributed by atoms with Gasteiger partial charge >= 0.3 is 5.97 Å². The molecule has 0 spiro atoms. The van der Waals surface area contributed by atoms with Crippen LogP contribution in [-0.4, -0.2) is 49.8 Å². The summed E-state index contributed by atoms with van der Waals surface area (Å²) in [4.78, 5) is 26.0. The molecule has 3 rings (SSSR count). The van der Waals surface area contributed by atoms with Gasteiger partial charge in [0.25, 0.3) is 0 Å². The molecule has 128 valence electrons. The fourth-order valence-corrected chi connectivity index (χ4v) is 2.01. The highest BCUT2D eigenvalue weighted by atomic mass is 16.5. The molecule has 10 heteroatoms. The van der Waals surface area contributed by atoms with Crippen LogP contribution in [0, 0.1) is 0 Å². The van der Waals surface area contributed by atoms with Crippen LogP contribution in [0.5, 0.6) is 0 Å². The minimum Gasteiger partial charge on any atom is -0.454 e. The monoisotopic (exact) mass is 340 g/mol. The lowest BCUT2D eigenvalue weighted by atomic mass is 10.2. The Balaban J connectivity index is 1.67. The van der Waals surface area contributed by atoms with Crippen LogP contribution >= 0.6 is 0 Å². The van der Waals surface area contributed by atoms with Gasteiger partial charge in [-0.05, 0) is 24.3 Å². The van der Waals surface area contributed by atoms with Crippen LogP contribution in [0.25, 0.3) is 5.69 Å². The third kappa shape index (κ3) is 3.86. The molecule has 0 aliphatic rings. The summed E-state index contributed by atoms with van der Waals surface area (Å²) in [5.74, 6) is 0.270. The Hall–Kier alpha value is -3.56. The largest absolute Gasteiger partial charge is 0.454 e. The zero-order chi connectivity index (χ0) is 17.8. The number of rotatable bonds is 5. The summed E-state index contributed by atoms with van der Waals surface area (Å²) < 4.78 is 6.96. The summed E-state index contributed by atoms with van der Waals surface area (Å²) in [6.07, 6.45) is 3.14. The maximum atomic E-state index is 12.2. The van der Waals surface area contributed by atoms with Crippen LogP contribution < -0.4 is 10.6 Å². The van der Waals surface area contributed by atoms with E-state index in [1.54, 1.807) is 60.5 Å². The number of benzene rings is 1. The summed E-state index contributed by atoms with van der Waals surface area (Å²) in [5, 5.41) is 7.47. The topological polar surface area (TPSA) is 125 Å². The molecule has 0 fully saturated rings. The first-order valence-corrected chi connectivity index (χ1v) is 7.33.